The molecule has 1 aromatic carbocycles. The summed E-state index contributed by atoms with van der Waals surface area (Å²) in [6, 6.07) is 11.4. The van der Waals surface area contributed by atoms with Crippen LogP contribution in [-0.4, -0.2) is 10.9 Å². The predicted octanol–water partition coefficient (Wildman–Crippen LogP) is 2.83. The number of nitriles is 1. The molecule has 5 heteroatoms. The Labute approximate surface area is 135 Å². The molecule has 0 unspecified atom stereocenters. The second-order valence-electron chi connectivity index (χ2n) is 5.18. The van der Waals surface area contributed by atoms with E-state index < -0.39 is 5.91 Å². The summed E-state index contributed by atoms with van der Waals surface area (Å²) in [4.78, 5) is 16.1. The number of anilines is 1. The summed E-state index contributed by atoms with van der Waals surface area (Å²) in [5.41, 5.74) is 3.83. The topological polar surface area (TPSA) is 77.8 Å². The number of benzene rings is 1. The Balaban J connectivity index is 2.00. The molecule has 0 saturated carbocycles. The highest BCUT2D eigenvalue weighted by Crippen LogP contribution is 2.16. The highest BCUT2D eigenvalue weighted by Gasteiger charge is 2.10. The number of pyridine rings is 1. The van der Waals surface area contributed by atoms with Gasteiger partial charge in [0.25, 0.3) is 5.91 Å². The Morgan fingerprint density at radius 3 is 2.65 bits per heavy atom. The van der Waals surface area contributed by atoms with Crippen LogP contribution in [0.15, 0.2) is 54.5 Å². The number of carbonyl (C=O) groups is 1. The summed E-state index contributed by atoms with van der Waals surface area (Å²) >= 11 is 0. The summed E-state index contributed by atoms with van der Waals surface area (Å²) in [5, 5.41) is 14.9. The van der Waals surface area contributed by atoms with Crippen molar-refractivity contribution in [3.8, 4) is 6.07 Å². The van der Waals surface area contributed by atoms with Gasteiger partial charge in [-0.05, 0) is 43.2 Å². The van der Waals surface area contributed by atoms with E-state index in [1.54, 1.807) is 12.4 Å². The summed E-state index contributed by atoms with van der Waals surface area (Å²) in [6.45, 7) is 4.42. The van der Waals surface area contributed by atoms with Crippen LogP contribution in [0.5, 0.6) is 0 Å². The van der Waals surface area contributed by atoms with Crippen LogP contribution in [0.25, 0.3) is 0 Å². The van der Waals surface area contributed by atoms with E-state index in [4.69, 9.17) is 5.26 Å². The number of amides is 1. The van der Waals surface area contributed by atoms with Crippen LogP contribution in [0, 0.1) is 25.2 Å². The van der Waals surface area contributed by atoms with Crippen LogP contribution < -0.4 is 10.6 Å². The molecular formula is C18H18N4O. The zero-order chi connectivity index (χ0) is 16.7. The van der Waals surface area contributed by atoms with Gasteiger partial charge in [-0.25, -0.2) is 0 Å². The zero-order valence-electron chi connectivity index (χ0n) is 13.1. The highest BCUT2D eigenvalue weighted by molar-refractivity contribution is 6.06. The molecule has 0 saturated heterocycles. The third-order valence-corrected chi connectivity index (χ3v) is 3.30. The van der Waals surface area contributed by atoms with Crippen LogP contribution in [0.4, 0.5) is 5.69 Å². The molecule has 116 valence electrons. The second-order valence-corrected chi connectivity index (χ2v) is 5.18. The average Bonchev–Trinajstić information content (AvgIpc) is 2.55. The molecule has 2 N–H and O–H groups in total. The summed E-state index contributed by atoms with van der Waals surface area (Å²) in [7, 11) is 0. The van der Waals surface area contributed by atoms with Gasteiger partial charge in [0, 0.05) is 30.8 Å². The molecule has 0 atom stereocenters. The van der Waals surface area contributed by atoms with Crippen LogP contribution in [-0.2, 0) is 11.3 Å². The standard InChI is InChI=1S/C18H18N4O/c1-13-3-4-17(14(2)9-13)22-18(23)16(10-19)12-21-11-15-5-7-20-8-6-15/h3-9,12,21H,11H2,1-2H3,(H,22,23)/b16-12-. The Morgan fingerprint density at radius 2 is 2.00 bits per heavy atom. The Kier molecular flexibility index (Phi) is 5.48. The quantitative estimate of drug-likeness (QED) is 0.658. The minimum absolute atomic E-state index is 0.0269. The molecule has 2 aromatic rings. The van der Waals surface area contributed by atoms with E-state index in [0.717, 1.165) is 16.7 Å². The van der Waals surface area contributed by atoms with Crippen molar-refractivity contribution in [3.63, 3.8) is 0 Å². The first kappa shape index (κ1) is 16.2. The number of rotatable bonds is 5. The minimum Gasteiger partial charge on any atom is -0.386 e. The molecule has 0 aliphatic heterocycles. The maximum atomic E-state index is 12.2. The summed E-state index contributed by atoms with van der Waals surface area (Å²) in [5.74, 6) is -0.429. The third kappa shape index (κ3) is 4.68. The van der Waals surface area contributed by atoms with Gasteiger partial charge in [-0.2, -0.15) is 5.26 Å². The lowest BCUT2D eigenvalue weighted by Crippen LogP contribution is -2.17. The molecule has 1 aromatic heterocycles. The van der Waals surface area contributed by atoms with Gasteiger partial charge in [0.05, 0.1) is 0 Å². The third-order valence-electron chi connectivity index (χ3n) is 3.30. The molecule has 2 rings (SSSR count). The first-order valence-electron chi connectivity index (χ1n) is 7.21. The molecule has 1 heterocycles. The molecule has 0 spiro atoms. The number of nitrogens with zero attached hydrogens (tertiary/aromatic N) is 2. The fraction of sp³-hybridized carbons (Fsp3) is 0.167. The van der Waals surface area contributed by atoms with E-state index in [-0.39, 0.29) is 5.57 Å². The minimum atomic E-state index is -0.429. The van der Waals surface area contributed by atoms with E-state index in [1.807, 2.05) is 50.2 Å². The van der Waals surface area contributed by atoms with Gasteiger partial charge < -0.3 is 10.6 Å². The van der Waals surface area contributed by atoms with Crippen molar-refractivity contribution in [1.82, 2.24) is 10.3 Å². The SMILES string of the molecule is Cc1ccc(NC(=O)/C(C#N)=C\NCc2ccncc2)c(C)c1. The van der Waals surface area contributed by atoms with Gasteiger partial charge >= 0.3 is 0 Å². The lowest BCUT2D eigenvalue weighted by atomic mass is 10.1. The summed E-state index contributed by atoms with van der Waals surface area (Å²) < 4.78 is 0. The molecule has 0 fully saturated rings. The van der Waals surface area contributed by atoms with Gasteiger partial charge in [0.15, 0.2) is 0 Å². The van der Waals surface area contributed by atoms with Crippen LogP contribution >= 0.6 is 0 Å². The molecule has 5 nitrogen and oxygen atoms in total. The number of nitrogens with one attached hydrogen (secondary N) is 2. The van der Waals surface area contributed by atoms with E-state index in [9.17, 15) is 4.79 Å². The highest BCUT2D eigenvalue weighted by atomic mass is 16.1. The average molecular weight is 306 g/mol. The fourth-order valence-electron chi connectivity index (χ4n) is 2.06. The van der Waals surface area contributed by atoms with Crippen molar-refractivity contribution in [1.29, 1.82) is 5.26 Å². The molecule has 1 amide bonds. The van der Waals surface area contributed by atoms with E-state index in [1.165, 1.54) is 6.20 Å². The second kappa shape index (κ2) is 7.76. The molecule has 0 aliphatic carbocycles. The monoisotopic (exact) mass is 306 g/mol. The van der Waals surface area contributed by atoms with Crippen LogP contribution in [0.2, 0.25) is 0 Å². The zero-order valence-corrected chi connectivity index (χ0v) is 13.1. The van der Waals surface area contributed by atoms with Crippen LogP contribution in [0.1, 0.15) is 16.7 Å². The first-order valence-corrected chi connectivity index (χ1v) is 7.21. The maximum absolute atomic E-state index is 12.2. The van der Waals surface area contributed by atoms with E-state index in [0.29, 0.717) is 12.2 Å². The Hall–Kier alpha value is -3.13. The number of hydrogen-bond acceptors (Lipinski definition) is 4. The smallest absolute Gasteiger partial charge is 0.267 e. The predicted molar refractivity (Wildman–Crippen MR) is 89.3 cm³/mol. The van der Waals surface area contributed by atoms with Gasteiger partial charge in [-0.1, -0.05) is 17.7 Å². The molecular weight excluding hydrogens is 288 g/mol. The molecule has 0 bridgehead atoms. The lowest BCUT2D eigenvalue weighted by molar-refractivity contribution is -0.112. The number of hydrogen-bond donors (Lipinski definition) is 2. The van der Waals surface area contributed by atoms with Crippen molar-refractivity contribution in [3.05, 3.63) is 71.2 Å². The largest absolute Gasteiger partial charge is 0.386 e. The van der Waals surface area contributed by atoms with Crippen LogP contribution in [0.3, 0.4) is 0 Å². The Morgan fingerprint density at radius 1 is 1.26 bits per heavy atom. The Bertz CT molecular complexity index is 760. The van der Waals surface area contributed by atoms with Crippen molar-refractivity contribution < 1.29 is 4.79 Å². The van der Waals surface area contributed by atoms with Crippen molar-refractivity contribution in [2.45, 2.75) is 20.4 Å². The normalized spacial score (nSPS) is 10.7. The van der Waals surface area contributed by atoms with Gasteiger partial charge in [-0.15, -0.1) is 0 Å². The molecule has 23 heavy (non-hydrogen) atoms. The maximum Gasteiger partial charge on any atom is 0.267 e. The first-order chi connectivity index (χ1) is 11.1. The lowest BCUT2D eigenvalue weighted by Gasteiger charge is -2.09. The van der Waals surface area contributed by atoms with Gasteiger partial charge in [-0.3, -0.25) is 9.78 Å². The van der Waals surface area contributed by atoms with E-state index >= 15 is 0 Å². The van der Waals surface area contributed by atoms with Gasteiger partial charge in [0.1, 0.15) is 11.6 Å². The summed E-state index contributed by atoms with van der Waals surface area (Å²) in [6.07, 6.45) is 4.82. The van der Waals surface area contributed by atoms with Gasteiger partial charge in [0.2, 0.25) is 0 Å². The number of aromatic nitrogens is 1. The van der Waals surface area contributed by atoms with Crippen molar-refractivity contribution in [2.75, 3.05) is 5.32 Å². The number of carbonyl (C=O) groups excluding carboxylic acids is 1. The van der Waals surface area contributed by atoms with E-state index in [2.05, 4.69) is 15.6 Å². The number of aryl methyl sites for hydroxylation is 2. The van der Waals surface area contributed by atoms with Crippen molar-refractivity contribution >= 4 is 11.6 Å². The molecule has 0 aliphatic rings. The fourth-order valence-corrected chi connectivity index (χ4v) is 2.06. The van der Waals surface area contributed by atoms with Crippen molar-refractivity contribution in [2.24, 2.45) is 0 Å². The molecule has 0 radical (unpaired) electrons.